The lowest BCUT2D eigenvalue weighted by atomic mass is 9.79. The zero-order chi connectivity index (χ0) is 42.7. The fourth-order valence-corrected chi connectivity index (χ4v) is 11.9. The highest BCUT2D eigenvalue weighted by molar-refractivity contribution is 6.28. The molecule has 1 aliphatic carbocycles. The van der Waals surface area contributed by atoms with Crippen molar-refractivity contribution in [2.75, 3.05) is 0 Å². The molecule has 0 bridgehead atoms. The van der Waals surface area contributed by atoms with Crippen molar-refractivity contribution in [1.29, 1.82) is 0 Å². The molecule has 0 fully saturated rings. The Morgan fingerprint density at radius 1 is 0.292 bits per heavy atom. The molecule has 0 aliphatic heterocycles. The smallest absolute Gasteiger partial charge is 0.143 e. The molecule has 1 aliphatic rings. The number of fused-ring (bicyclic) bond motifs is 19. The van der Waals surface area contributed by atoms with E-state index in [-0.39, 0.29) is 5.41 Å². The van der Waals surface area contributed by atoms with E-state index in [4.69, 9.17) is 8.83 Å². The Hall–Kier alpha value is -8.20. The van der Waals surface area contributed by atoms with Crippen molar-refractivity contribution in [2.24, 2.45) is 0 Å². The van der Waals surface area contributed by atoms with Crippen LogP contribution in [-0.4, -0.2) is 0 Å². The Morgan fingerprint density at radius 2 is 0.631 bits per heavy atom. The zero-order valence-electron chi connectivity index (χ0n) is 35.8. The summed E-state index contributed by atoms with van der Waals surface area (Å²) in [4.78, 5) is 0. The number of hydrogen-bond donors (Lipinski definition) is 0. The second-order valence-electron chi connectivity index (χ2n) is 18.7. The van der Waals surface area contributed by atoms with Crippen molar-refractivity contribution in [3.8, 4) is 33.4 Å². The summed E-state index contributed by atoms with van der Waals surface area (Å²) < 4.78 is 14.1. The lowest BCUT2D eigenvalue weighted by molar-refractivity contribution is 0.661. The summed E-state index contributed by atoms with van der Waals surface area (Å²) in [7, 11) is 0. The van der Waals surface area contributed by atoms with E-state index in [1.807, 2.05) is 0 Å². The van der Waals surface area contributed by atoms with Gasteiger partial charge in [0, 0.05) is 38.1 Å². The summed E-state index contributed by atoms with van der Waals surface area (Å²) in [5.41, 5.74) is 13.2. The minimum atomic E-state index is -0.342. The molecule has 0 unspecified atom stereocenters. The standard InChI is InChI=1S/C63H38O2/c1-63(2)53-33-47(49-29-39-19-7-9-21-41(39)57-51-27-35-15-3-5-17-37(35)31-55(51)64-61(49)57)43-23-11-13-25-45(43)59(53)60-46-26-14-12-24-44(46)48(34-54(60)63)50-30-40-20-8-10-22-42(40)58-52-28-36-16-4-6-18-38(36)32-56(52)65-62(50)58/h3-34H,1-2H3. The van der Waals surface area contributed by atoms with Crippen molar-refractivity contribution in [3.05, 3.63) is 205 Å². The minimum absolute atomic E-state index is 0.342. The summed E-state index contributed by atoms with van der Waals surface area (Å²) in [6, 6.07) is 71.5. The van der Waals surface area contributed by atoms with Crippen LogP contribution in [0.25, 0.3) is 142 Å². The molecule has 0 saturated carbocycles. The van der Waals surface area contributed by atoms with Gasteiger partial charge in [0.1, 0.15) is 22.3 Å². The number of hydrogen-bond acceptors (Lipinski definition) is 2. The lowest BCUT2D eigenvalue weighted by Crippen LogP contribution is -2.15. The van der Waals surface area contributed by atoms with Crippen molar-refractivity contribution in [2.45, 2.75) is 19.3 Å². The summed E-state index contributed by atoms with van der Waals surface area (Å²) in [5.74, 6) is 0. The average Bonchev–Trinajstić information content (AvgIpc) is 3.99. The SMILES string of the molecule is CC1(C)c2cc(-c3cc4ccccc4c4c3oc3cc5ccccc5cc34)c3ccccc3c2-c2c1cc(-c1cc3ccccc3c3c1oc1cc4ccccc4cc13)c1ccccc21. The highest BCUT2D eigenvalue weighted by Gasteiger charge is 2.40. The monoisotopic (exact) mass is 826 g/mol. The van der Waals surface area contributed by atoms with Gasteiger partial charge in [0.05, 0.1) is 0 Å². The van der Waals surface area contributed by atoms with Crippen LogP contribution in [0, 0.1) is 0 Å². The van der Waals surface area contributed by atoms with Gasteiger partial charge in [-0.1, -0.05) is 159 Å². The van der Waals surface area contributed by atoms with E-state index in [2.05, 4.69) is 208 Å². The Morgan fingerprint density at radius 3 is 1.05 bits per heavy atom. The first-order valence-corrected chi connectivity index (χ1v) is 22.6. The van der Waals surface area contributed by atoms with Gasteiger partial charge in [0.15, 0.2) is 0 Å². The molecule has 0 N–H and O–H groups in total. The molecule has 2 heterocycles. The van der Waals surface area contributed by atoms with Crippen LogP contribution in [0.1, 0.15) is 25.0 Å². The van der Waals surface area contributed by atoms with Gasteiger partial charge in [0.25, 0.3) is 0 Å². The van der Waals surface area contributed by atoms with Gasteiger partial charge in [-0.15, -0.1) is 0 Å². The highest BCUT2D eigenvalue weighted by atomic mass is 16.3. The average molecular weight is 827 g/mol. The van der Waals surface area contributed by atoms with Crippen LogP contribution in [-0.2, 0) is 5.41 Å². The maximum Gasteiger partial charge on any atom is 0.143 e. The van der Waals surface area contributed by atoms with Gasteiger partial charge in [0.2, 0.25) is 0 Å². The Bertz CT molecular complexity index is 4160. The van der Waals surface area contributed by atoms with Crippen molar-refractivity contribution in [3.63, 3.8) is 0 Å². The van der Waals surface area contributed by atoms with E-state index in [9.17, 15) is 0 Å². The first kappa shape index (κ1) is 35.3. The van der Waals surface area contributed by atoms with Crippen LogP contribution in [0.2, 0.25) is 0 Å². The zero-order valence-corrected chi connectivity index (χ0v) is 35.8. The van der Waals surface area contributed by atoms with Crippen LogP contribution in [0.15, 0.2) is 203 Å². The molecule has 302 valence electrons. The van der Waals surface area contributed by atoms with E-state index in [1.54, 1.807) is 0 Å². The molecule has 15 rings (SSSR count). The molecule has 0 atom stereocenters. The summed E-state index contributed by atoms with van der Waals surface area (Å²) >= 11 is 0. The third-order valence-electron chi connectivity index (χ3n) is 14.9. The van der Waals surface area contributed by atoms with Crippen LogP contribution >= 0.6 is 0 Å². The van der Waals surface area contributed by atoms with Crippen LogP contribution in [0.3, 0.4) is 0 Å². The summed E-state index contributed by atoms with van der Waals surface area (Å²) in [6.45, 7) is 4.83. The number of rotatable bonds is 2. The molecule has 0 spiro atoms. The maximum absolute atomic E-state index is 7.06. The highest BCUT2D eigenvalue weighted by Crippen LogP contribution is 2.58. The van der Waals surface area contributed by atoms with Crippen molar-refractivity contribution in [1.82, 2.24) is 0 Å². The first-order valence-electron chi connectivity index (χ1n) is 22.6. The third kappa shape index (κ3) is 4.68. The van der Waals surface area contributed by atoms with Crippen LogP contribution in [0.4, 0.5) is 0 Å². The molecular formula is C63H38O2. The molecule has 2 nitrogen and oxygen atoms in total. The molecule has 12 aromatic carbocycles. The minimum Gasteiger partial charge on any atom is -0.455 e. The fourth-order valence-electron chi connectivity index (χ4n) is 11.9. The van der Waals surface area contributed by atoms with Gasteiger partial charge in [-0.3, -0.25) is 0 Å². The van der Waals surface area contributed by atoms with Gasteiger partial charge < -0.3 is 8.83 Å². The molecule has 65 heavy (non-hydrogen) atoms. The van der Waals surface area contributed by atoms with E-state index in [0.717, 1.165) is 44.2 Å². The third-order valence-corrected chi connectivity index (χ3v) is 14.9. The predicted molar refractivity (Wildman–Crippen MR) is 274 cm³/mol. The molecule has 0 radical (unpaired) electrons. The number of benzene rings is 12. The van der Waals surface area contributed by atoms with Gasteiger partial charge in [-0.05, 0) is 147 Å². The summed E-state index contributed by atoms with van der Waals surface area (Å²) in [5, 5.41) is 19.2. The molecule has 2 heteroatoms. The second kappa shape index (κ2) is 12.5. The number of furan rings is 2. The van der Waals surface area contributed by atoms with E-state index in [1.165, 1.54) is 109 Å². The second-order valence-corrected chi connectivity index (χ2v) is 18.7. The van der Waals surface area contributed by atoms with Crippen molar-refractivity contribution >= 4 is 109 Å². The Balaban J connectivity index is 1.02. The van der Waals surface area contributed by atoms with Crippen LogP contribution < -0.4 is 0 Å². The topological polar surface area (TPSA) is 26.3 Å². The molecular weight excluding hydrogens is 789 g/mol. The quantitative estimate of drug-likeness (QED) is 0.174. The summed E-state index contributed by atoms with van der Waals surface area (Å²) in [6.07, 6.45) is 0. The molecule has 2 aromatic heterocycles. The van der Waals surface area contributed by atoms with Crippen LogP contribution in [0.5, 0.6) is 0 Å². The molecule has 0 amide bonds. The molecule has 14 aromatic rings. The van der Waals surface area contributed by atoms with Gasteiger partial charge >= 0.3 is 0 Å². The van der Waals surface area contributed by atoms with Gasteiger partial charge in [-0.2, -0.15) is 0 Å². The largest absolute Gasteiger partial charge is 0.455 e. The predicted octanol–water partition coefficient (Wildman–Crippen LogP) is 18.0. The lowest BCUT2D eigenvalue weighted by Gasteiger charge is -2.24. The van der Waals surface area contributed by atoms with E-state index in [0.29, 0.717) is 0 Å². The maximum atomic E-state index is 7.06. The fraction of sp³-hybridized carbons (Fsp3) is 0.0476. The Labute approximate surface area is 373 Å². The normalized spacial score (nSPS) is 13.5. The van der Waals surface area contributed by atoms with E-state index >= 15 is 0 Å². The van der Waals surface area contributed by atoms with Gasteiger partial charge in [-0.25, -0.2) is 0 Å². The van der Waals surface area contributed by atoms with E-state index < -0.39 is 0 Å². The molecule has 0 saturated heterocycles. The Kier molecular flexibility index (Phi) is 6.78. The first-order chi connectivity index (χ1) is 32.0. The van der Waals surface area contributed by atoms with Crippen molar-refractivity contribution < 1.29 is 8.83 Å².